The highest BCUT2D eigenvalue weighted by Crippen LogP contribution is 2.32. The monoisotopic (exact) mass is 352 g/mol. The van der Waals surface area contributed by atoms with Crippen LogP contribution in [0.1, 0.15) is 19.8 Å². The van der Waals surface area contributed by atoms with Gasteiger partial charge in [-0.25, -0.2) is 8.42 Å². The van der Waals surface area contributed by atoms with Gasteiger partial charge in [0.2, 0.25) is 0 Å². The van der Waals surface area contributed by atoms with E-state index in [0.717, 1.165) is 12.8 Å². The number of hydrogen-bond donors (Lipinski definition) is 1. The van der Waals surface area contributed by atoms with Crippen LogP contribution < -0.4 is 5.73 Å². The molecule has 0 bridgehead atoms. The molecule has 0 aliphatic carbocycles. The molecule has 18 heavy (non-hydrogen) atoms. The van der Waals surface area contributed by atoms with Crippen LogP contribution in [0.5, 0.6) is 0 Å². The number of rotatable bonds is 3. The Morgan fingerprint density at radius 2 is 2.33 bits per heavy atom. The summed E-state index contributed by atoms with van der Waals surface area (Å²) in [7, 11) is -3.37. The van der Waals surface area contributed by atoms with Crippen molar-refractivity contribution in [3.8, 4) is 0 Å². The minimum absolute atomic E-state index is 0.0368. The predicted molar refractivity (Wildman–Crippen MR) is 77.2 cm³/mol. The van der Waals surface area contributed by atoms with E-state index in [4.69, 9.17) is 5.73 Å². The summed E-state index contributed by atoms with van der Waals surface area (Å²) in [6.45, 7) is 3.07. The molecule has 2 N–H and O–H groups in total. The maximum absolute atomic E-state index is 12.5. The number of hydrogen-bond acceptors (Lipinski definition) is 4. The number of nitrogens with two attached hydrogens (primary N) is 1. The van der Waals surface area contributed by atoms with Crippen molar-refractivity contribution in [1.29, 1.82) is 0 Å². The van der Waals surface area contributed by atoms with Crippen LogP contribution in [-0.2, 0) is 10.0 Å². The summed E-state index contributed by atoms with van der Waals surface area (Å²) < 4.78 is 27.6. The average Bonchev–Trinajstić information content (AvgIpc) is 2.76. The van der Waals surface area contributed by atoms with Crippen molar-refractivity contribution in [1.82, 2.24) is 4.31 Å². The van der Waals surface area contributed by atoms with Gasteiger partial charge in [0.15, 0.2) is 0 Å². The van der Waals surface area contributed by atoms with Crippen molar-refractivity contribution in [2.24, 2.45) is 11.7 Å². The largest absolute Gasteiger partial charge is 0.328 e. The summed E-state index contributed by atoms with van der Waals surface area (Å²) in [5.74, 6) is 0.257. The molecule has 2 heterocycles. The van der Waals surface area contributed by atoms with Gasteiger partial charge in [-0.1, -0.05) is 0 Å². The van der Waals surface area contributed by atoms with Gasteiger partial charge in [0, 0.05) is 23.6 Å². The molecule has 1 aromatic rings. The summed E-state index contributed by atoms with van der Waals surface area (Å²) in [5.41, 5.74) is 5.89. The van der Waals surface area contributed by atoms with E-state index in [2.05, 4.69) is 15.9 Å². The van der Waals surface area contributed by atoms with E-state index >= 15 is 0 Å². The minimum atomic E-state index is -3.37. The van der Waals surface area contributed by atoms with E-state index in [1.807, 2.05) is 6.92 Å². The molecular weight excluding hydrogens is 336 g/mol. The third kappa shape index (κ3) is 2.80. The Kier molecular flexibility index (Phi) is 4.48. The highest BCUT2D eigenvalue weighted by Gasteiger charge is 2.33. The summed E-state index contributed by atoms with van der Waals surface area (Å²) in [5, 5.41) is 1.78. The zero-order valence-corrected chi connectivity index (χ0v) is 13.4. The fraction of sp³-hybridized carbons (Fsp3) is 0.636. The Morgan fingerprint density at radius 3 is 2.89 bits per heavy atom. The van der Waals surface area contributed by atoms with Crippen LogP contribution in [0, 0.1) is 5.92 Å². The molecule has 0 radical (unpaired) electrons. The van der Waals surface area contributed by atoms with E-state index in [0.29, 0.717) is 21.8 Å². The summed E-state index contributed by atoms with van der Waals surface area (Å²) >= 11 is 4.54. The predicted octanol–water partition coefficient (Wildman–Crippen LogP) is 2.26. The lowest BCUT2D eigenvalue weighted by atomic mass is 9.93. The summed E-state index contributed by atoms with van der Waals surface area (Å²) in [6.07, 6.45) is 1.89. The first-order chi connectivity index (χ1) is 8.43. The molecule has 0 amide bonds. The Labute approximate surface area is 120 Å². The van der Waals surface area contributed by atoms with Crippen LogP contribution >= 0.6 is 27.3 Å². The Morgan fingerprint density at radius 1 is 1.61 bits per heavy atom. The SMILES string of the molecule is CC(N)C1CCCN(S(=O)(=O)c2sccc2Br)C1. The molecule has 1 aliphatic rings. The van der Waals surface area contributed by atoms with Gasteiger partial charge in [0.05, 0.1) is 0 Å². The second kappa shape index (κ2) is 5.58. The second-order valence-corrected chi connectivity index (χ2v) is 8.58. The molecule has 4 nitrogen and oxygen atoms in total. The van der Waals surface area contributed by atoms with Gasteiger partial charge in [-0.3, -0.25) is 0 Å². The van der Waals surface area contributed by atoms with Gasteiger partial charge in [-0.2, -0.15) is 4.31 Å². The van der Waals surface area contributed by atoms with Gasteiger partial charge >= 0.3 is 0 Å². The first kappa shape index (κ1) is 14.5. The topological polar surface area (TPSA) is 63.4 Å². The summed E-state index contributed by atoms with van der Waals surface area (Å²) in [6, 6.07) is 1.81. The number of halogens is 1. The van der Waals surface area contributed by atoms with Gasteiger partial charge in [0.1, 0.15) is 4.21 Å². The number of nitrogens with zero attached hydrogens (tertiary/aromatic N) is 1. The first-order valence-electron chi connectivity index (χ1n) is 5.91. The van der Waals surface area contributed by atoms with Gasteiger partial charge < -0.3 is 5.73 Å². The molecule has 7 heteroatoms. The van der Waals surface area contributed by atoms with Crippen LogP contribution in [0.4, 0.5) is 0 Å². The number of sulfonamides is 1. The maximum Gasteiger partial charge on any atom is 0.253 e. The first-order valence-corrected chi connectivity index (χ1v) is 9.03. The van der Waals surface area contributed by atoms with E-state index < -0.39 is 10.0 Å². The zero-order chi connectivity index (χ0) is 13.3. The Bertz CT molecular complexity index is 513. The molecule has 1 saturated heterocycles. The normalized spacial score (nSPS) is 24.1. The maximum atomic E-state index is 12.5. The van der Waals surface area contributed by atoms with Crippen LogP contribution in [0.2, 0.25) is 0 Å². The lowest BCUT2D eigenvalue weighted by Crippen LogP contribution is -2.44. The molecule has 2 atom stereocenters. The van der Waals surface area contributed by atoms with Crippen molar-refractivity contribution in [3.63, 3.8) is 0 Å². The standard InChI is InChI=1S/C11H17BrN2O2S2/c1-8(13)9-3-2-5-14(7-9)18(15,16)11-10(12)4-6-17-11/h4,6,8-9H,2-3,5,7,13H2,1H3. The highest BCUT2D eigenvalue weighted by atomic mass is 79.9. The van der Waals surface area contributed by atoms with Crippen molar-refractivity contribution in [2.45, 2.75) is 30.0 Å². The van der Waals surface area contributed by atoms with Gasteiger partial charge in [-0.15, -0.1) is 11.3 Å². The van der Waals surface area contributed by atoms with Crippen molar-refractivity contribution >= 4 is 37.3 Å². The van der Waals surface area contributed by atoms with Crippen molar-refractivity contribution in [2.75, 3.05) is 13.1 Å². The Hall–Kier alpha value is 0.0500. The Balaban J connectivity index is 2.23. The van der Waals surface area contributed by atoms with Crippen LogP contribution in [0.25, 0.3) is 0 Å². The van der Waals surface area contributed by atoms with E-state index in [9.17, 15) is 8.42 Å². The lowest BCUT2D eigenvalue weighted by Gasteiger charge is -2.33. The van der Waals surface area contributed by atoms with Crippen molar-refractivity contribution < 1.29 is 8.42 Å². The van der Waals surface area contributed by atoms with Crippen LogP contribution in [0.3, 0.4) is 0 Å². The van der Waals surface area contributed by atoms with Gasteiger partial charge in [-0.05, 0) is 53.1 Å². The van der Waals surface area contributed by atoms with Crippen molar-refractivity contribution in [3.05, 3.63) is 15.9 Å². The molecule has 102 valence electrons. The average molecular weight is 353 g/mol. The van der Waals surface area contributed by atoms with E-state index in [-0.39, 0.29) is 12.0 Å². The molecule has 1 fully saturated rings. The third-order valence-electron chi connectivity index (χ3n) is 3.32. The molecule has 0 spiro atoms. The lowest BCUT2D eigenvalue weighted by molar-refractivity contribution is 0.243. The second-order valence-electron chi connectivity index (χ2n) is 4.68. The highest BCUT2D eigenvalue weighted by molar-refractivity contribution is 9.10. The van der Waals surface area contributed by atoms with Crippen LogP contribution in [0.15, 0.2) is 20.1 Å². The molecule has 2 rings (SSSR count). The quantitative estimate of drug-likeness (QED) is 0.907. The molecule has 0 aromatic carbocycles. The summed E-state index contributed by atoms with van der Waals surface area (Å²) in [4.78, 5) is 0. The molecule has 1 aliphatic heterocycles. The van der Waals surface area contributed by atoms with Crippen LogP contribution in [-0.4, -0.2) is 31.9 Å². The molecule has 2 unspecified atom stereocenters. The fourth-order valence-corrected chi connectivity index (χ4v) is 6.19. The van der Waals surface area contributed by atoms with E-state index in [1.165, 1.54) is 11.3 Å². The molecule has 1 aromatic heterocycles. The van der Waals surface area contributed by atoms with E-state index in [1.54, 1.807) is 15.8 Å². The minimum Gasteiger partial charge on any atom is -0.328 e. The molecule has 0 saturated carbocycles. The fourth-order valence-electron chi connectivity index (χ4n) is 2.20. The third-order valence-corrected chi connectivity index (χ3v) is 7.84. The number of thiophene rings is 1. The molecular formula is C11H17BrN2O2S2. The zero-order valence-electron chi connectivity index (χ0n) is 10.2. The smallest absolute Gasteiger partial charge is 0.253 e. The van der Waals surface area contributed by atoms with Gasteiger partial charge in [0.25, 0.3) is 10.0 Å². The number of piperidine rings is 1.